The Morgan fingerprint density at radius 1 is 1.67 bits per heavy atom. The van der Waals surface area contributed by atoms with Crippen molar-refractivity contribution >= 4 is 17.3 Å². The average molecular weight is 188 g/mol. The summed E-state index contributed by atoms with van der Waals surface area (Å²) in [6.45, 7) is 3.70. The molecule has 0 fully saturated rings. The van der Waals surface area contributed by atoms with E-state index in [0.717, 1.165) is 0 Å². The summed E-state index contributed by atoms with van der Waals surface area (Å²) < 4.78 is 1.29. The Bertz CT molecular complexity index is 345. The summed E-state index contributed by atoms with van der Waals surface area (Å²) in [4.78, 5) is 11.3. The molecule has 0 spiro atoms. The molecule has 12 heavy (non-hydrogen) atoms. The highest BCUT2D eigenvalue weighted by molar-refractivity contribution is 6.32. The van der Waals surface area contributed by atoms with Gasteiger partial charge in [0.1, 0.15) is 5.02 Å². The SMILES string of the molecule is CC(C)n1ncc(N)c(Cl)c1=O. The number of nitrogen functional groups attached to an aromatic ring is 1. The lowest BCUT2D eigenvalue weighted by Gasteiger charge is -2.08. The van der Waals surface area contributed by atoms with E-state index in [1.165, 1.54) is 10.9 Å². The van der Waals surface area contributed by atoms with Crippen molar-refractivity contribution in [2.75, 3.05) is 5.73 Å². The fourth-order valence-corrected chi connectivity index (χ4v) is 0.961. The van der Waals surface area contributed by atoms with Gasteiger partial charge in [-0.2, -0.15) is 5.10 Å². The summed E-state index contributed by atoms with van der Waals surface area (Å²) in [6, 6.07) is -0.00407. The number of hydrogen-bond acceptors (Lipinski definition) is 3. The molecule has 0 atom stereocenters. The molecule has 4 nitrogen and oxygen atoms in total. The van der Waals surface area contributed by atoms with Gasteiger partial charge in [0, 0.05) is 0 Å². The molecule has 2 N–H and O–H groups in total. The van der Waals surface area contributed by atoms with Crippen molar-refractivity contribution in [2.24, 2.45) is 0 Å². The number of hydrogen-bond donors (Lipinski definition) is 1. The van der Waals surface area contributed by atoms with Crippen LogP contribution in [0.25, 0.3) is 0 Å². The first kappa shape index (κ1) is 9.06. The van der Waals surface area contributed by atoms with Crippen molar-refractivity contribution < 1.29 is 0 Å². The van der Waals surface area contributed by atoms with Gasteiger partial charge in [0.25, 0.3) is 5.56 Å². The first-order valence-electron chi connectivity index (χ1n) is 3.57. The largest absolute Gasteiger partial charge is 0.396 e. The summed E-state index contributed by atoms with van der Waals surface area (Å²) in [5.74, 6) is 0. The summed E-state index contributed by atoms with van der Waals surface area (Å²) in [5.41, 5.74) is 5.26. The zero-order valence-electron chi connectivity index (χ0n) is 6.91. The molecule has 0 bridgehead atoms. The minimum Gasteiger partial charge on any atom is -0.396 e. The molecule has 1 rings (SSSR count). The fraction of sp³-hybridized carbons (Fsp3) is 0.429. The quantitative estimate of drug-likeness (QED) is 0.715. The molecule has 0 aliphatic rings. The number of rotatable bonds is 1. The molecule has 66 valence electrons. The summed E-state index contributed by atoms with van der Waals surface area (Å²) >= 11 is 5.63. The van der Waals surface area contributed by atoms with Crippen LogP contribution in [0.15, 0.2) is 11.0 Å². The highest BCUT2D eigenvalue weighted by Gasteiger charge is 2.07. The molecule has 0 saturated carbocycles. The highest BCUT2D eigenvalue weighted by Crippen LogP contribution is 2.11. The van der Waals surface area contributed by atoms with Crippen molar-refractivity contribution in [1.29, 1.82) is 0 Å². The molecule has 1 heterocycles. The Hall–Kier alpha value is -1.03. The molecule has 5 heteroatoms. The normalized spacial score (nSPS) is 10.7. The number of aromatic nitrogens is 2. The predicted molar refractivity (Wildman–Crippen MR) is 48.3 cm³/mol. The second kappa shape index (κ2) is 3.15. The molecule has 0 amide bonds. The van der Waals surface area contributed by atoms with Gasteiger partial charge in [-0.05, 0) is 13.8 Å². The standard InChI is InChI=1S/C7H10ClN3O/c1-4(2)11-7(12)6(8)5(9)3-10-11/h3-4H,9H2,1-2H3. The number of anilines is 1. The van der Waals surface area contributed by atoms with Crippen LogP contribution in [-0.4, -0.2) is 9.78 Å². The number of nitrogens with two attached hydrogens (primary N) is 1. The Labute approximate surface area is 74.9 Å². The van der Waals surface area contributed by atoms with Crippen molar-refractivity contribution in [1.82, 2.24) is 9.78 Å². The third-order valence-corrected chi connectivity index (χ3v) is 1.84. The second-order valence-electron chi connectivity index (χ2n) is 2.76. The molecular weight excluding hydrogens is 178 g/mol. The van der Waals surface area contributed by atoms with Gasteiger partial charge in [0.15, 0.2) is 0 Å². The predicted octanol–water partition coefficient (Wildman–Crippen LogP) is 1.06. The molecule has 0 saturated heterocycles. The molecule has 0 radical (unpaired) electrons. The van der Waals surface area contributed by atoms with Crippen molar-refractivity contribution in [3.05, 3.63) is 21.6 Å². The molecule has 0 aromatic carbocycles. The van der Waals surface area contributed by atoms with Crippen LogP contribution >= 0.6 is 11.6 Å². The van der Waals surface area contributed by atoms with Crippen LogP contribution in [0.5, 0.6) is 0 Å². The maximum absolute atomic E-state index is 11.3. The summed E-state index contributed by atoms with van der Waals surface area (Å²) in [7, 11) is 0. The highest BCUT2D eigenvalue weighted by atomic mass is 35.5. The van der Waals surface area contributed by atoms with Gasteiger partial charge in [0.2, 0.25) is 0 Å². The smallest absolute Gasteiger partial charge is 0.287 e. The van der Waals surface area contributed by atoms with E-state index in [4.69, 9.17) is 17.3 Å². The van der Waals surface area contributed by atoms with E-state index < -0.39 is 0 Å². The van der Waals surface area contributed by atoms with Gasteiger partial charge in [-0.3, -0.25) is 4.79 Å². The molecule has 1 aromatic heterocycles. The van der Waals surface area contributed by atoms with Gasteiger partial charge in [-0.25, -0.2) is 4.68 Å². The zero-order valence-corrected chi connectivity index (χ0v) is 7.67. The zero-order chi connectivity index (χ0) is 9.30. The fourth-order valence-electron chi connectivity index (χ4n) is 0.825. The lowest BCUT2D eigenvalue weighted by atomic mass is 10.4. The van der Waals surface area contributed by atoms with Crippen molar-refractivity contribution in [2.45, 2.75) is 19.9 Å². The molecular formula is C7H10ClN3O. The van der Waals surface area contributed by atoms with Crippen molar-refractivity contribution in [3.8, 4) is 0 Å². The Balaban J connectivity index is 3.37. The van der Waals surface area contributed by atoms with Gasteiger partial charge < -0.3 is 5.73 Å². The molecule has 0 aliphatic heterocycles. The van der Waals surface area contributed by atoms with Gasteiger partial charge in [-0.1, -0.05) is 11.6 Å². The van der Waals surface area contributed by atoms with E-state index >= 15 is 0 Å². The Morgan fingerprint density at radius 3 is 2.75 bits per heavy atom. The van der Waals surface area contributed by atoms with Crippen LogP contribution in [0.4, 0.5) is 5.69 Å². The number of halogens is 1. The van der Waals surface area contributed by atoms with Gasteiger partial charge in [0.05, 0.1) is 17.9 Å². The van der Waals surface area contributed by atoms with E-state index in [2.05, 4.69) is 5.10 Å². The van der Waals surface area contributed by atoms with Crippen LogP contribution in [0.3, 0.4) is 0 Å². The van der Waals surface area contributed by atoms with E-state index in [-0.39, 0.29) is 22.3 Å². The third kappa shape index (κ3) is 1.43. The Morgan fingerprint density at radius 2 is 2.25 bits per heavy atom. The second-order valence-corrected chi connectivity index (χ2v) is 3.14. The maximum atomic E-state index is 11.3. The molecule has 1 aromatic rings. The first-order chi connectivity index (χ1) is 5.54. The van der Waals surface area contributed by atoms with E-state index in [1.807, 2.05) is 13.8 Å². The van der Waals surface area contributed by atoms with Crippen LogP contribution in [0.2, 0.25) is 5.02 Å². The third-order valence-electron chi connectivity index (χ3n) is 1.46. The van der Waals surface area contributed by atoms with Crippen molar-refractivity contribution in [3.63, 3.8) is 0 Å². The van der Waals surface area contributed by atoms with E-state index in [1.54, 1.807) is 0 Å². The minimum atomic E-state index is -0.341. The topological polar surface area (TPSA) is 60.9 Å². The lowest BCUT2D eigenvalue weighted by molar-refractivity contribution is 0.503. The first-order valence-corrected chi connectivity index (χ1v) is 3.94. The van der Waals surface area contributed by atoms with E-state index in [9.17, 15) is 4.79 Å². The summed E-state index contributed by atoms with van der Waals surface area (Å²) in [5, 5.41) is 3.87. The molecule has 0 unspecified atom stereocenters. The van der Waals surface area contributed by atoms with Gasteiger partial charge in [-0.15, -0.1) is 0 Å². The van der Waals surface area contributed by atoms with Gasteiger partial charge >= 0.3 is 0 Å². The monoisotopic (exact) mass is 187 g/mol. The van der Waals surface area contributed by atoms with E-state index in [0.29, 0.717) is 0 Å². The maximum Gasteiger partial charge on any atom is 0.287 e. The van der Waals surface area contributed by atoms with Crippen LogP contribution in [-0.2, 0) is 0 Å². The van der Waals surface area contributed by atoms with Crippen LogP contribution in [0, 0.1) is 0 Å². The van der Waals surface area contributed by atoms with Crippen LogP contribution in [0.1, 0.15) is 19.9 Å². The Kier molecular flexibility index (Phi) is 2.38. The number of nitrogens with zero attached hydrogens (tertiary/aromatic N) is 2. The average Bonchev–Trinajstić information content (AvgIpc) is 2.00. The molecule has 0 aliphatic carbocycles. The lowest BCUT2D eigenvalue weighted by Crippen LogP contribution is -2.25. The minimum absolute atomic E-state index is 0.00407. The van der Waals surface area contributed by atoms with Crippen LogP contribution < -0.4 is 11.3 Å². The summed E-state index contributed by atoms with van der Waals surface area (Å²) in [6.07, 6.45) is 1.38.